The molecule has 0 aromatic heterocycles. The molecule has 7 nitrogen and oxygen atoms in total. The van der Waals surface area contributed by atoms with Gasteiger partial charge in [-0.2, -0.15) is 0 Å². The summed E-state index contributed by atoms with van der Waals surface area (Å²) in [7, 11) is -3.67. The van der Waals surface area contributed by atoms with Crippen molar-refractivity contribution >= 4 is 15.9 Å². The first-order chi connectivity index (χ1) is 11.7. The highest BCUT2D eigenvalue weighted by molar-refractivity contribution is 7.89. The van der Waals surface area contributed by atoms with Gasteiger partial charge < -0.3 is 10.1 Å². The van der Waals surface area contributed by atoms with Gasteiger partial charge in [-0.25, -0.2) is 13.6 Å². The smallest absolute Gasteiger partial charge is 0.238 e. The number of benzene rings is 1. The van der Waals surface area contributed by atoms with Crippen LogP contribution in [0.25, 0.3) is 0 Å². The summed E-state index contributed by atoms with van der Waals surface area (Å²) in [6.07, 6.45) is 0.868. The number of nitrogens with two attached hydrogens (primary N) is 1. The van der Waals surface area contributed by atoms with Gasteiger partial charge in [0.15, 0.2) is 0 Å². The van der Waals surface area contributed by atoms with E-state index < -0.39 is 10.0 Å². The number of nitrogens with zero attached hydrogens (tertiary/aromatic N) is 1. The van der Waals surface area contributed by atoms with Crippen molar-refractivity contribution in [1.29, 1.82) is 0 Å². The van der Waals surface area contributed by atoms with E-state index in [0.29, 0.717) is 13.0 Å². The molecule has 0 radical (unpaired) electrons. The molecule has 1 fully saturated rings. The fourth-order valence-corrected chi connectivity index (χ4v) is 3.54. The predicted molar refractivity (Wildman–Crippen MR) is 95.6 cm³/mol. The van der Waals surface area contributed by atoms with Crippen molar-refractivity contribution in [2.45, 2.75) is 50.3 Å². The molecule has 2 rings (SSSR count). The molecular formula is C17H27N3O4S. The summed E-state index contributed by atoms with van der Waals surface area (Å²) in [5, 5.41) is 8.01. The highest BCUT2D eigenvalue weighted by Crippen LogP contribution is 2.14. The van der Waals surface area contributed by atoms with Crippen molar-refractivity contribution in [2.75, 3.05) is 19.6 Å². The average Bonchev–Trinajstić information content (AvgIpc) is 2.52. The highest BCUT2D eigenvalue weighted by atomic mass is 32.2. The molecule has 0 saturated carbocycles. The summed E-state index contributed by atoms with van der Waals surface area (Å²) < 4.78 is 28.1. The summed E-state index contributed by atoms with van der Waals surface area (Å²) in [5.74, 6) is -0.0116. The Morgan fingerprint density at radius 1 is 1.28 bits per heavy atom. The minimum atomic E-state index is -3.67. The van der Waals surface area contributed by atoms with E-state index in [9.17, 15) is 13.2 Å². The van der Waals surface area contributed by atoms with E-state index in [0.717, 1.165) is 18.7 Å². The monoisotopic (exact) mass is 369 g/mol. The first kappa shape index (κ1) is 19.8. The Hall–Kier alpha value is -1.48. The molecule has 1 heterocycles. The third kappa shape index (κ3) is 5.78. The van der Waals surface area contributed by atoms with Gasteiger partial charge in [0.2, 0.25) is 15.9 Å². The topological polar surface area (TPSA) is 102 Å². The normalized spacial score (nSPS) is 23.2. The molecule has 1 saturated heterocycles. The molecule has 0 spiro atoms. The molecule has 1 aromatic carbocycles. The zero-order chi connectivity index (χ0) is 18.6. The second-order valence-electron chi connectivity index (χ2n) is 6.62. The molecule has 0 unspecified atom stereocenters. The number of carbonyl (C=O) groups is 1. The summed E-state index contributed by atoms with van der Waals surface area (Å²) in [4.78, 5) is 14.6. The molecule has 25 heavy (non-hydrogen) atoms. The third-order valence-corrected chi connectivity index (χ3v) is 5.27. The molecule has 3 atom stereocenters. The number of morpholine rings is 1. The maximum atomic E-state index is 12.3. The lowest BCUT2D eigenvalue weighted by Crippen LogP contribution is -2.54. The van der Waals surface area contributed by atoms with E-state index >= 15 is 0 Å². The van der Waals surface area contributed by atoms with E-state index in [-0.39, 0.29) is 29.1 Å². The molecule has 8 heteroatoms. The lowest BCUT2D eigenvalue weighted by molar-refractivity contribution is -0.131. The van der Waals surface area contributed by atoms with Gasteiger partial charge in [-0.3, -0.25) is 9.69 Å². The van der Waals surface area contributed by atoms with Gasteiger partial charge in [0.05, 0.1) is 23.1 Å². The second kappa shape index (κ2) is 8.27. The largest absolute Gasteiger partial charge is 0.373 e. The van der Waals surface area contributed by atoms with Gasteiger partial charge in [0.1, 0.15) is 0 Å². The number of primary sulfonamides is 1. The Morgan fingerprint density at radius 3 is 2.36 bits per heavy atom. The minimum Gasteiger partial charge on any atom is -0.373 e. The van der Waals surface area contributed by atoms with E-state index in [1.807, 2.05) is 20.8 Å². The molecular weight excluding hydrogens is 342 g/mol. The molecule has 0 bridgehead atoms. The Kier molecular flexibility index (Phi) is 6.56. The summed E-state index contributed by atoms with van der Waals surface area (Å²) in [6.45, 7) is 7.91. The molecule has 0 aliphatic carbocycles. The van der Waals surface area contributed by atoms with Crippen molar-refractivity contribution in [1.82, 2.24) is 10.2 Å². The number of amides is 1. The lowest BCUT2D eigenvalue weighted by atomic mass is 10.1. The van der Waals surface area contributed by atoms with Gasteiger partial charge in [-0.15, -0.1) is 0 Å². The van der Waals surface area contributed by atoms with Crippen LogP contribution in [0.3, 0.4) is 0 Å². The third-order valence-electron chi connectivity index (χ3n) is 4.34. The van der Waals surface area contributed by atoms with E-state index in [4.69, 9.17) is 9.88 Å². The Bertz CT molecular complexity index is 680. The van der Waals surface area contributed by atoms with Crippen LogP contribution in [-0.2, 0) is 26.0 Å². The quantitative estimate of drug-likeness (QED) is 0.760. The maximum Gasteiger partial charge on any atom is 0.238 e. The number of nitrogens with one attached hydrogen (secondary N) is 1. The first-order valence-electron chi connectivity index (χ1n) is 8.46. The summed E-state index contributed by atoms with van der Waals surface area (Å²) in [5.41, 5.74) is 0.939. The van der Waals surface area contributed by atoms with E-state index in [1.165, 1.54) is 12.1 Å². The van der Waals surface area contributed by atoms with Crippen LogP contribution in [-0.4, -0.2) is 57.1 Å². The minimum absolute atomic E-state index is 0.0116. The fourth-order valence-electron chi connectivity index (χ4n) is 3.02. The van der Waals surface area contributed by atoms with Crippen LogP contribution in [0.2, 0.25) is 0 Å². The number of sulfonamides is 1. The van der Waals surface area contributed by atoms with Crippen LogP contribution >= 0.6 is 0 Å². The van der Waals surface area contributed by atoms with Crippen molar-refractivity contribution in [3.63, 3.8) is 0 Å². The predicted octanol–water partition coefficient (Wildman–Crippen LogP) is 0.490. The van der Waals surface area contributed by atoms with Crippen molar-refractivity contribution < 1.29 is 17.9 Å². The van der Waals surface area contributed by atoms with Crippen LogP contribution in [0, 0.1) is 0 Å². The van der Waals surface area contributed by atoms with Crippen LogP contribution in [0.15, 0.2) is 29.2 Å². The highest BCUT2D eigenvalue weighted by Gasteiger charge is 2.28. The zero-order valence-electron chi connectivity index (χ0n) is 14.9. The molecule has 1 aromatic rings. The Balaban J connectivity index is 1.81. The number of hydrogen-bond donors (Lipinski definition) is 2. The number of ether oxygens (including phenoxy) is 1. The van der Waals surface area contributed by atoms with Crippen LogP contribution < -0.4 is 10.5 Å². The fraction of sp³-hybridized carbons (Fsp3) is 0.588. The lowest BCUT2D eigenvalue weighted by Gasteiger charge is -2.38. The van der Waals surface area contributed by atoms with Crippen LogP contribution in [0.1, 0.15) is 26.3 Å². The van der Waals surface area contributed by atoms with Gasteiger partial charge in [-0.05, 0) is 44.9 Å². The van der Waals surface area contributed by atoms with Crippen molar-refractivity contribution in [3.8, 4) is 0 Å². The van der Waals surface area contributed by atoms with Gasteiger partial charge in [0, 0.05) is 19.6 Å². The van der Waals surface area contributed by atoms with Crippen LogP contribution in [0.4, 0.5) is 0 Å². The van der Waals surface area contributed by atoms with Gasteiger partial charge in [-0.1, -0.05) is 12.1 Å². The van der Waals surface area contributed by atoms with Crippen molar-refractivity contribution in [3.05, 3.63) is 29.8 Å². The maximum absolute atomic E-state index is 12.3. The summed E-state index contributed by atoms with van der Waals surface area (Å²) >= 11 is 0. The number of rotatable bonds is 6. The standard InChI is InChI=1S/C17H27N3O4S/c1-12-10-20(11-13(2)24-12)14(3)17(21)19-9-8-15-4-6-16(7-5-15)25(18,22)23/h4-7,12-14H,8-11H2,1-3H3,(H,19,21)(H2,18,22,23)/t12-,13-,14+/m1/s1. The van der Waals surface area contributed by atoms with Gasteiger partial charge >= 0.3 is 0 Å². The number of hydrogen-bond acceptors (Lipinski definition) is 5. The SMILES string of the molecule is C[C@@H]1CN([C@@H](C)C(=O)NCCc2ccc(S(N)(=O)=O)cc2)C[C@@H](C)O1. The van der Waals surface area contributed by atoms with Crippen LogP contribution in [0.5, 0.6) is 0 Å². The molecule has 1 amide bonds. The molecule has 1 aliphatic rings. The zero-order valence-corrected chi connectivity index (χ0v) is 15.8. The summed E-state index contributed by atoms with van der Waals surface area (Å²) in [6, 6.07) is 6.16. The van der Waals surface area contributed by atoms with E-state index in [1.54, 1.807) is 12.1 Å². The molecule has 140 valence electrons. The van der Waals surface area contributed by atoms with E-state index in [2.05, 4.69) is 10.2 Å². The Morgan fingerprint density at radius 2 is 1.84 bits per heavy atom. The van der Waals surface area contributed by atoms with Crippen molar-refractivity contribution in [2.24, 2.45) is 5.14 Å². The Labute approximate surface area is 149 Å². The first-order valence-corrected chi connectivity index (χ1v) is 10.0. The average molecular weight is 369 g/mol. The number of carbonyl (C=O) groups excluding carboxylic acids is 1. The van der Waals surface area contributed by atoms with Gasteiger partial charge in [0.25, 0.3) is 0 Å². The molecule has 3 N–H and O–H groups in total. The molecule has 1 aliphatic heterocycles. The second-order valence-corrected chi connectivity index (χ2v) is 8.18.